The summed E-state index contributed by atoms with van der Waals surface area (Å²) in [5.41, 5.74) is 10.5. The second-order valence-electron chi connectivity index (χ2n) is 14.2. The average Bonchev–Trinajstić information content (AvgIpc) is 3.28. The van der Waals surface area contributed by atoms with E-state index in [9.17, 15) is 0 Å². The number of pyridine rings is 1. The molecule has 5 nitrogen and oxygen atoms in total. The number of hydrogen-bond acceptors (Lipinski definition) is 5. The van der Waals surface area contributed by atoms with Crippen LogP contribution < -0.4 is 5.32 Å². The molecule has 0 spiro atoms. The number of aromatic nitrogens is 4. The Kier molecular flexibility index (Phi) is 7.49. The number of rotatable bonds is 5. The molecule has 56 heavy (non-hydrogen) atoms. The molecule has 0 fully saturated rings. The molecular formula is C51H33N5. The lowest BCUT2D eigenvalue weighted by atomic mass is 9.86. The van der Waals surface area contributed by atoms with Crippen molar-refractivity contribution in [1.82, 2.24) is 19.9 Å². The van der Waals surface area contributed by atoms with Gasteiger partial charge in [-0.15, -0.1) is 0 Å². The topological polar surface area (TPSA) is 63.6 Å². The van der Waals surface area contributed by atoms with Crippen LogP contribution in [-0.2, 0) is 0 Å². The molecule has 0 saturated carbocycles. The first-order valence-electron chi connectivity index (χ1n) is 18.9. The molecule has 1 N–H and O–H groups in total. The highest BCUT2D eigenvalue weighted by Crippen LogP contribution is 2.46. The van der Waals surface area contributed by atoms with Gasteiger partial charge in [-0.25, -0.2) is 19.9 Å². The Morgan fingerprint density at radius 2 is 0.875 bits per heavy atom. The number of fused-ring (bicyclic) bond motifs is 6. The number of nitrogens with one attached hydrogen (secondary N) is 1. The Labute approximate surface area is 323 Å². The smallest absolute Gasteiger partial charge is 0.165 e. The molecule has 0 saturated heterocycles. The third-order valence-electron chi connectivity index (χ3n) is 10.9. The summed E-state index contributed by atoms with van der Waals surface area (Å²) in [6.45, 7) is 0. The fraction of sp³-hybridized carbons (Fsp3) is 0.0196. The molecule has 10 aromatic rings. The summed E-state index contributed by atoms with van der Waals surface area (Å²) in [7, 11) is 0. The van der Waals surface area contributed by atoms with Crippen molar-refractivity contribution in [1.29, 1.82) is 0 Å². The number of hydrogen-bond donors (Lipinski definition) is 1. The van der Waals surface area contributed by atoms with Gasteiger partial charge in [-0.05, 0) is 44.3 Å². The molecule has 262 valence electrons. The zero-order valence-corrected chi connectivity index (χ0v) is 30.3. The Morgan fingerprint density at radius 1 is 0.375 bits per heavy atom. The van der Waals surface area contributed by atoms with Crippen LogP contribution in [0.2, 0.25) is 0 Å². The largest absolute Gasteiger partial charge is 0.372 e. The molecule has 1 atom stereocenters. The minimum absolute atomic E-state index is 0.136. The quantitative estimate of drug-likeness (QED) is 0.180. The summed E-state index contributed by atoms with van der Waals surface area (Å²) in [5, 5.41) is 10.7. The van der Waals surface area contributed by atoms with Crippen molar-refractivity contribution >= 4 is 55.1 Å². The van der Waals surface area contributed by atoms with Gasteiger partial charge >= 0.3 is 0 Å². The zero-order valence-electron chi connectivity index (χ0n) is 30.3. The fourth-order valence-electron chi connectivity index (χ4n) is 8.41. The molecule has 1 aliphatic heterocycles. The van der Waals surface area contributed by atoms with Gasteiger partial charge in [0.25, 0.3) is 0 Å². The number of para-hydroxylation sites is 1. The summed E-state index contributed by atoms with van der Waals surface area (Å²) in [6.07, 6.45) is 4.53. The number of benzene rings is 8. The Morgan fingerprint density at radius 3 is 1.48 bits per heavy atom. The van der Waals surface area contributed by atoms with E-state index in [2.05, 4.69) is 157 Å². The molecule has 1 unspecified atom stereocenters. The highest BCUT2D eigenvalue weighted by atomic mass is 15.0. The van der Waals surface area contributed by atoms with Crippen LogP contribution in [0.25, 0.3) is 94.7 Å². The summed E-state index contributed by atoms with van der Waals surface area (Å²) < 4.78 is 0. The van der Waals surface area contributed by atoms with Crippen LogP contribution in [0.4, 0.5) is 5.69 Å². The van der Waals surface area contributed by atoms with Gasteiger partial charge in [0.05, 0.1) is 22.8 Å². The lowest BCUT2D eigenvalue weighted by molar-refractivity contribution is 1.00. The van der Waals surface area contributed by atoms with Crippen LogP contribution in [0.15, 0.2) is 182 Å². The molecule has 0 radical (unpaired) electrons. The van der Waals surface area contributed by atoms with E-state index in [-0.39, 0.29) is 6.04 Å². The van der Waals surface area contributed by atoms with Gasteiger partial charge in [0.15, 0.2) is 17.5 Å². The van der Waals surface area contributed by atoms with Gasteiger partial charge in [-0.3, -0.25) is 0 Å². The van der Waals surface area contributed by atoms with Crippen LogP contribution in [0, 0.1) is 0 Å². The van der Waals surface area contributed by atoms with Gasteiger partial charge in [-0.1, -0.05) is 182 Å². The SMILES string of the molecule is C1=CC(c2c3ccccc3c(-c3nc(-c4ccccc4)nc(-c4ccccc4)n3)c3ccccc23)Nc2c1ccc1c(-c3ccccc3)c3ccccc3nc21. The minimum atomic E-state index is -0.136. The van der Waals surface area contributed by atoms with E-state index >= 15 is 0 Å². The summed E-state index contributed by atoms with van der Waals surface area (Å²) in [4.78, 5) is 20.7. The predicted octanol–water partition coefficient (Wildman–Crippen LogP) is 12.7. The third kappa shape index (κ3) is 5.24. The first kappa shape index (κ1) is 32.0. The van der Waals surface area contributed by atoms with E-state index in [1.807, 2.05) is 36.4 Å². The van der Waals surface area contributed by atoms with Crippen molar-refractivity contribution < 1.29 is 0 Å². The predicted molar refractivity (Wildman–Crippen MR) is 231 cm³/mol. The molecule has 0 bridgehead atoms. The fourth-order valence-corrected chi connectivity index (χ4v) is 8.41. The van der Waals surface area contributed by atoms with E-state index < -0.39 is 0 Å². The normalized spacial score (nSPS) is 13.6. The minimum Gasteiger partial charge on any atom is -0.372 e. The monoisotopic (exact) mass is 715 g/mol. The number of anilines is 1. The molecule has 8 aromatic carbocycles. The van der Waals surface area contributed by atoms with E-state index in [0.29, 0.717) is 17.5 Å². The molecule has 3 heterocycles. The van der Waals surface area contributed by atoms with Gasteiger partial charge in [0.2, 0.25) is 0 Å². The molecular weight excluding hydrogens is 683 g/mol. The second-order valence-corrected chi connectivity index (χ2v) is 14.2. The zero-order chi connectivity index (χ0) is 37.0. The van der Waals surface area contributed by atoms with Crippen LogP contribution in [-0.4, -0.2) is 19.9 Å². The standard InChI is InChI=1S/C51H33N5/c1-4-16-32(17-5-1)44-40-26-14-15-27-42(40)52-48-41(44)30-28-33-29-31-43(53-47(33)48)45-36-22-10-12-24-38(36)46(39-25-13-11-23-37(39)45)51-55-49(34-18-6-2-7-19-34)54-50(56-51)35-20-8-3-9-21-35/h1-31,43,53H. The number of nitrogens with zero attached hydrogens (tertiary/aromatic N) is 4. The first-order chi connectivity index (χ1) is 27.8. The van der Waals surface area contributed by atoms with E-state index in [1.165, 1.54) is 16.7 Å². The molecule has 1 aliphatic rings. The van der Waals surface area contributed by atoms with E-state index in [4.69, 9.17) is 19.9 Å². The molecule has 0 aliphatic carbocycles. The molecule has 2 aromatic heterocycles. The van der Waals surface area contributed by atoms with Crippen molar-refractivity contribution in [2.45, 2.75) is 6.04 Å². The maximum Gasteiger partial charge on any atom is 0.165 e. The Bertz CT molecular complexity index is 3040. The average molecular weight is 716 g/mol. The Hall–Kier alpha value is -7.50. The van der Waals surface area contributed by atoms with Crippen molar-refractivity contribution in [2.75, 3.05) is 5.32 Å². The van der Waals surface area contributed by atoms with Crippen LogP contribution in [0.3, 0.4) is 0 Å². The van der Waals surface area contributed by atoms with Gasteiger partial charge in [-0.2, -0.15) is 0 Å². The maximum atomic E-state index is 5.33. The van der Waals surface area contributed by atoms with Gasteiger partial charge < -0.3 is 5.32 Å². The van der Waals surface area contributed by atoms with E-state index in [1.54, 1.807) is 0 Å². The van der Waals surface area contributed by atoms with Gasteiger partial charge in [0, 0.05) is 33.0 Å². The third-order valence-corrected chi connectivity index (χ3v) is 10.9. The van der Waals surface area contributed by atoms with Crippen LogP contribution in [0.5, 0.6) is 0 Å². The van der Waals surface area contributed by atoms with Crippen molar-refractivity contribution in [2.24, 2.45) is 0 Å². The van der Waals surface area contributed by atoms with E-state index in [0.717, 1.165) is 71.3 Å². The first-order valence-corrected chi connectivity index (χ1v) is 18.9. The second kappa shape index (κ2) is 13.1. The lowest BCUT2D eigenvalue weighted by Crippen LogP contribution is -2.14. The molecule has 11 rings (SSSR count). The molecule has 5 heteroatoms. The van der Waals surface area contributed by atoms with Crippen LogP contribution >= 0.6 is 0 Å². The summed E-state index contributed by atoms with van der Waals surface area (Å²) >= 11 is 0. The lowest BCUT2D eigenvalue weighted by Gasteiger charge is -2.27. The molecule has 0 amide bonds. The van der Waals surface area contributed by atoms with Crippen LogP contribution in [0.1, 0.15) is 17.2 Å². The summed E-state index contributed by atoms with van der Waals surface area (Å²) in [6, 6.07) is 61.1. The van der Waals surface area contributed by atoms with Gasteiger partial charge in [0.1, 0.15) is 0 Å². The maximum absolute atomic E-state index is 5.33. The van der Waals surface area contributed by atoms with Crippen molar-refractivity contribution in [3.05, 3.63) is 193 Å². The Balaban J connectivity index is 1.13. The highest BCUT2D eigenvalue weighted by molar-refractivity contribution is 6.16. The van der Waals surface area contributed by atoms with Crippen molar-refractivity contribution in [3.8, 4) is 45.3 Å². The summed E-state index contributed by atoms with van der Waals surface area (Å²) in [5.74, 6) is 1.92. The highest BCUT2D eigenvalue weighted by Gasteiger charge is 2.26. The van der Waals surface area contributed by atoms with Crippen molar-refractivity contribution in [3.63, 3.8) is 0 Å².